The number of para-hydroxylation sites is 1. The van der Waals surface area contributed by atoms with Crippen LogP contribution < -0.4 is 10.2 Å². The number of amides is 1. The number of aromatic nitrogens is 3. The summed E-state index contributed by atoms with van der Waals surface area (Å²) in [5.74, 6) is 1.16. The van der Waals surface area contributed by atoms with E-state index in [0.29, 0.717) is 5.69 Å². The van der Waals surface area contributed by atoms with Gasteiger partial charge in [0.2, 0.25) is 5.91 Å². The Bertz CT molecular complexity index is 995. The Morgan fingerprint density at radius 2 is 1.90 bits per heavy atom. The van der Waals surface area contributed by atoms with E-state index in [-0.39, 0.29) is 11.7 Å². The first-order valence-corrected chi connectivity index (χ1v) is 11.0. The van der Waals surface area contributed by atoms with Gasteiger partial charge in [-0.05, 0) is 37.7 Å². The molecule has 1 N–H and O–H groups in total. The Labute approximate surface area is 181 Å². The van der Waals surface area contributed by atoms with Crippen molar-refractivity contribution in [3.63, 3.8) is 0 Å². The molecule has 1 fully saturated rings. The number of piperazine rings is 1. The third-order valence-electron chi connectivity index (χ3n) is 5.17. The van der Waals surface area contributed by atoms with Crippen molar-refractivity contribution in [3.05, 3.63) is 60.6 Å². The largest absolute Gasteiger partial charge is 0.354 e. The third-order valence-corrected chi connectivity index (χ3v) is 6.14. The summed E-state index contributed by atoms with van der Waals surface area (Å²) in [5.41, 5.74) is 2.94. The summed E-state index contributed by atoms with van der Waals surface area (Å²) < 4.78 is 2.01. The molecule has 8 heteroatoms. The number of pyridine rings is 1. The first-order chi connectivity index (χ1) is 14.6. The number of rotatable bonds is 6. The van der Waals surface area contributed by atoms with Gasteiger partial charge < -0.3 is 15.1 Å². The molecule has 1 saturated heterocycles. The van der Waals surface area contributed by atoms with Crippen LogP contribution in [-0.4, -0.2) is 64.3 Å². The predicted octanol–water partition coefficient (Wildman–Crippen LogP) is 3.06. The lowest BCUT2D eigenvalue weighted by atomic mass is 10.2. The van der Waals surface area contributed by atoms with Crippen molar-refractivity contribution in [1.82, 2.24) is 19.4 Å². The summed E-state index contributed by atoms with van der Waals surface area (Å²) in [6.07, 6.45) is 5.40. The Hall–Kier alpha value is -2.84. The van der Waals surface area contributed by atoms with Crippen LogP contribution in [0.5, 0.6) is 0 Å². The van der Waals surface area contributed by atoms with Crippen molar-refractivity contribution >= 4 is 29.2 Å². The minimum atomic E-state index is -0.0755. The number of nitrogens with zero attached hydrogens (tertiary/aromatic N) is 5. The van der Waals surface area contributed by atoms with Gasteiger partial charge in [0, 0.05) is 38.6 Å². The van der Waals surface area contributed by atoms with E-state index in [0.717, 1.165) is 48.4 Å². The molecule has 1 aliphatic rings. The molecular formula is C22H26N6OS. The fourth-order valence-corrected chi connectivity index (χ4v) is 4.19. The molecule has 3 aromatic rings. The summed E-state index contributed by atoms with van der Waals surface area (Å²) >= 11 is 1.42. The van der Waals surface area contributed by atoms with Crippen LogP contribution in [0.15, 0.2) is 60.1 Å². The molecule has 3 heterocycles. The lowest BCUT2D eigenvalue weighted by molar-refractivity contribution is -0.113. The molecule has 156 valence electrons. The van der Waals surface area contributed by atoms with Gasteiger partial charge in [0.15, 0.2) is 5.16 Å². The van der Waals surface area contributed by atoms with Gasteiger partial charge in [0.1, 0.15) is 5.82 Å². The second kappa shape index (κ2) is 9.32. The Balaban J connectivity index is 1.33. The van der Waals surface area contributed by atoms with Crippen LogP contribution in [0, 0.1) is 6.92 Å². The summed E-state index contributed by atoms with van der Waals surface area (Å²) in [6.45, 7) is 6.08. The highest BCUT2D eigenvalue weighted by Crippen LogP contribution is 2.23. The number of hydrogen-bond donors (Lipinski definition) is 1. The topological polar surface area (TPSA) is 66.3 Å². The van der Waals surface area contributed by atoms with E-state index in [4.69, 9.17) is 0 Å². The van der Waals surface area contributed by atoms with Crippen molar-refractivity contribution in [2.24, 2.45) is 0 Å². The second-order valence-corrected chi connectivity index (χ2v) is 8.34. The van der Waals surface area contributed by atoms with E-state index in [1.54, 1.807) is 12.4 Å². The molecular weight excluding hydrogens is 396 g/mol. The zero-order chi connectivity index (χ0) is 20.9. The van der Waals surface area contributed by atoms with Gasteiger partial charge in [-0.3, -0.25) is 9.36 Å². The van der Waals surface area contributed by atoms with Gasteiger partial charge in [-0.15, -0.1) is 0 Å². The number of carbonyl (C=O) groups excluding carboxylic acids is 1. The van der Waals surface area contributed by atoms with E-state index in [1.807, 2.05) is 35.0 Å². The zero-order valence-electron chi connectivity index (χ0n) is 17.3. The van der Waals surface area contributed by atoms with E-state index in [1.165, 1.54) is 11.8 Å². The molecule has 0 saturated carbocycles. The molecule has 0 bridgehead atoms. The molecule has 0 aliphatic carbocycles. The SMILES string of the molecule is Cc1ccccc1-n1ccnc1SCC(=O)Nc1ccc(N2CCN(C)CC2)nc1. The van der Waals surface area contributed by atoms with E-state index in [9.17, 15) is 4.79 Å². The monoisotopic (exact) mass is 422 g/mol. The van der Waals surface area contributed by atoms with Gasteiger partial charge in [0.25, 0.3) is 0 Å². The number of anilines is 2. The maximum Gasteiger partial charge on any atom is 0.234 e. The first kappa shape index (κ1) is 20.4. The first-order valence-electron chi connectivity index (χ1n) is 10.0. The fraction of sp³-hybridized carbons (Fsp3) is 0.318. The number of carbonyl (C=O) groups is 1. The fourth-order valence-electron chi connectivity index (χ4n) is 3.42. The highest BCUT2D eigenvalue weighted by atomic mass is 32.2. The molecule has 2 aromatic heterocycles. The van der Waals surface area contributed by atoms with Crippen LogP contribution in [-0.2, 0) is 4.79 Å². The molecule has 4 rings (SSSR count). The Kier molecular flexibility index (Phi) is 6.35. The summed E-state index contributed by atoms with van der Waals surface area (Å²) in [7, 11) is 2.13. The van der Waals surface area contributed by atoms with E-state index < -0.39 is 0 Å². The highest BCUT2D eigenvalue weighted by molar-refractivity contribution is 7.99. The number of aryl methyl sites for hydroxylation is 1. The Morgan fingerprint density at radius 1 is 1.10 bits per heavy atom. The number of imidazole rings is 1. The number of likely N-dealkylation sites (N-methyl/N-ethyl adjacent to an activating group) is 1. The summed E-state index contributed by atoms with van der Waals surface area (Å²) in [4.78, 5) is 25.9. The van der Waals surface area contributed by atoms with Crippen LogP contribution >= 0.6 is 11.8 Å². The maximum absolute atomic E-state index is 12.4. The van der Waals surface area contributed by atoms with Gasteiger partial charge in [-0.25, -0.2) is 9.97 Å². The molecule has 0 radical (unpaired) electrons. The number of thioether (sulfide) groups is 1. The quantitative estimate of drug-likeness (QED) is 0.616. The van der Waals surface area contributed by atoms with Crippen molar-refractivity contribution in [2.75, 3.05) is 49.2 Å². The van der Waals surface area contributed by atoms with Crippen molar-refractivity contribution in [2.45, 2.75) is 12.1 Å². The van der Waals surface area contributed by atoms with Crippen LogP contribution in [0.2, 0.25) is 0 Å². The minimum Gasteiger partial charge on any atom is -0.354 e. The number of nitrogens with one attached hydrogen (secondary N) is 1. The summed E-state index contributed by atoms with van der Waals surface area (Å²) in [6, 6.07) is 12.0. The average molecular weight is 423 g/mol. The van der Waals surface area contributed by atoms with E-state index >= 15 is 0 Å². The maximum atomic E-state index is 12.4. The standard InChI is InChI=1S/C22H26N6OS/c1-17-5-3-4-6-19(17)28-10-9-23-22(28)30-16-21(29)25-18-7-8-20(24-15-18)27-13-11-26(2)12-14-27/h3-10,15H,11-14,16H2,1-2H3,(H,25,29). The minimum absolute atomic E-state index is 0.0755. The van der Waals surface area contributed by atoms with Gasteiger partial charge in [-0.2, -0.15) is 0 Å². The lowest BCUT2D eigenvalue weighted by Gasteiger charge is -2.33. The third kappa shape index (κ3) is 4.83. The normalized spacial score (nSPS) is 14.7. The molecule has 30 heavy (non-hydrogen) atoms. The average Bonchev–Trinajstić information content (AvgIpc) is 3.22. The van der Waals surface area contributed by atoms with Gasteiger partial charge >= 0.3 is 0 Å². The van der Waals surface area contributed by atoms with Crippen molar-refractivity contribution < 1.29 is 4.79 Å². The lowest BCUT2D eigenvalue weighted by Crippen LogP contribution is -2.44. The zero-order valence-corrected chi connectivity index (χ0v) is 18.1. The number of hydrogen-bond acceptors (Lipinski definition) is 6. The number of benzene rings is 1. The van der Waals surface area contributed by atoms with Gasteiger partial charge in [0.05, 0.1) is 23.3 Å². The second-order valence-electron chi connectivity index (χ2n) is 7.40. The van der Waals surface area contributed by atoms with Gasteiger partial charge in [-0.1, -0.05) is 30.0 Å². The van der Waals surface area contributed by atoms with Crippen LogP contribution in [0.3, 0.4) is 0 Å². The molecule has 0 atom stereocenters. The molecule has 1 amide bonds. The van der Waals surface area contributed by atoms with Crippen LogP contribution in [0.4, 0.5) is 11.5 Å². The van der Waals surface area contributed by atoms with Crippen molar-refractivity contribution in [1.29, 1.82) is 0 Å². The smallest absolute Gasteiger partial charge is 0.234 e. The van der Waals surface area contributed by atoms with Crippen LogP contribution in [0.25, 0.3) is 5.69 Å². The van der Waals surface area contributed by atoms with Crippen molar-refractivity contribution in [3.8, 4) is 5.69 Å². The molecule has 1 aromatic carbocycles. The Morgan fingerprint density at radius 3 is 2.63 bits per heavy atom. The molecule has 0 spiro atoms. The van der Waals surface area contributed by atoms with E-state index in [2.05, 4.69) is 51.2 Å². The molecule has 0 unspecified atom stereocenters. The highest BCUT2D eigenvalue weighted by Gasteiger charge is 2.15. The molecule has 1 aliphatic heterocycles. The predicted molar refractivity (Wildman–Crippen MR) is 122 cm³/mol. The van der Waals surface area contributed by atoms with Crippen LogP contribution in [0.1, 0.15) is 5.56 Å². The summed E-state index contributed by atoms with van der Waals surface area (Å²) in [5, 5.41) is 3.72. The molecule has 7 nitrogen and oxygen atoms in total.